The van der Waals surface area contributed by atoms with Gasteiger partial charge < -0.3 is 10.6 Å². The fraction of sp³-hybridized carbons (Fsp3) is 0.400. The molecule has 0 spiro atoms. The molecule has 0 aliphatic carbocycles. The van der Waals surface area contributed by atoms with Crippen molar-refractivity contribution >= 4 is 24.6 Å². The van der Waals surface area contributed by atoms with Gasteiger partial charge in [0.25, 0.3) is 0 Å². The Morgan fingerprint density at radius 1 is 1.04 bits per heavy atom. The van der Waals surface area contributed by atoms with Gasteiger partial charge in [-0.3, -0.25) is 0 Å². The maximum atomic E-state index is 5.83. The van der Waals surface area contributed by atoms with Gasteiger partial charge in [-0.15, -0.1) is 0 Å². The first kappa shape index (κ1) is 16.1. The largest absolute Gasteiger partial charge is 0.399 e. The molecule has 122 valence electrons. The number of hydrogen-bond acceptors (Lipinski definition) is 2. The highest BCUT2D eigenvalue weighted by molar-refractivity contribution is 6.89. The molecule has 1 aliphatic heterocycles. The third-order valence-electron chi connectivity index (χ3n) is 5.44. The van der Waals surface area contributed by atoms with Gasteiger partial charge in [-0.2, -0.15) is 0 Å². The van der Waals surface area contributed by atoms with Gasteiger partial charge in [0, 0.05) is 17.9 Å². The van der Waals surface area contributed by atoms with Crippen LogP contribution in [-0.4, -0.2) is 14.6 Å². The monoisotopic (exact) mass is 324 g/mol. The topological polar surface area (TPSA) is 29.3 Å². The lowest BCUT2D eigenvalue weighted by molar-refractivity contribution is 0.719. The van der Waals surface area contributed by atoms with Gasteiger partial charge in [0.15, 0.2) is 0 Å². The van der Waals surface area contributed by atoms with Crippen molar-refractivity contribution in [3.63, 3.8) is 0 Å². The summed E-state index contributed by atoms with van der Waals surface area (Å²) in [6.07, 6.45) is 2.48. The molecule has 2 N–H and O–H groups in total. The molecule has 1 saturated heterocycles. The molecule has 23 heavy (non-hydrogen) atoms. The van der Waals surface area contributed by atoms with E-state index in [4.69, 9.17) is 5.73 Å². The first-order valence-corrected chi connectivity index (χ1v) is 11.9. The Morgan fingerprint density at radius 3 is 2.30 bits per heavy atom. The highest BCUT2D eigenvalue weighted by atomic mass is 28.3. The first-order chi connectivity index (χ1) is 11.0. The summed E-state index contributed by atoms with van der Waals surface area (Å²) in [6, 6.07) is 19.6. The molecular weight excluding hydrogens is 296 g/mol. The highest BCUT2D eigenvalue weighted by Crippen LogP contribution is 2.36. The zero-order chi connectivity index (χ0) is 16.4. The van der Waals surface area contributed by atoms with Gasteiger partial charge in [-0.25, -0.2) is 0 Å². The molecule has 3 heteroatoms. The number of nitrogen functional groups attached to an aromatic ring is 1. The average Bonchev–Trinajstić information content (AvgIpc) is 3.05. The molecule has 2 aromatic rings. The molecule has 1 aliphatic rings. The van der Waals surface area contributed by atoms with Crippen LogP contribution in [0.5, 0.6) is 0 Å². The lowest BCUT2D eigenvalue weighted by atomic mass is 10.0. The summed E-state index contributed by atoms with van der Waals surface area (Å²) in [6.45, 7) is 8.37. The van der Waals surface area contributed by atoms with E-state index in [9.17, 15) is 0 Å². The average molecular weight is 325 g/mol. The van der Waals surface area contributed by atoms with E-state index in [1.807, 2.05) is 12.1 Å². The van der Waals surface area contributed by atoms with E-state index in [0.29, 0.717) is 6.04 Å². The smallest absolute Gasteiger partial charge is 0.0803 e. The van der Waals surface area contributed by atoms with Crippen molar-refractivity contribution in [2.24, 2.45) is 0 Å². The van der Waals surface area contributed by atoms with Gasteiger partial charge in [-0.05, 0) is 42.7 Å². The van der Waals surface area contributed by atoms with Crippen molar-refractivity contribution in [2.75, 3.05) is 17.2 Å². The van der Waals surface area contributed by atoms with Crippen molar-refractivity contribution < 1.29 is 0 Å². The molecule has 0 bridgehead atoms. The maximum absolute atomic E-state index is 5.83. The Kier molecular flexibility index (Phi) is 4.49. The van der Waals surface area contributed by atoms with Crippen LogP contribution < -0.4 is 15.8 Å². The van der Waals surface area contributed by atoms with Crippen molar-refractivity contribution in [3.05, 3.63) is 54.1 Å². The van der Waals surface area contributed by atoms with E-state index in [1.165, 1.54) is 30.1 Å². The Bertz CT molecular complexity index is 646. The van der Waals surface area contributed by atoms with Crippen LogP contribution in [0, 0.1) is 0 Å². The molecule has 0 saturated carbocycles. The second kappa shape index (κ2) is 6.40. The Labute approximate surface area is 141 Å². The number of nitrogens with zero attached hydrogens (tertiary/aromatic N) is 1. The standard InChI is InChI=1S/C20H28N2Si/c1-4-23(2,3)19-13-11-18(12-14-19)22-15-5-6-20(22)16-7-9-17(21)10-8-16/h7-14,20H,4-6,15,21H2,1-3H3/t20-/m0/s1. The summed E-state index contributed by atoms with van der Waals surface area (Å²) in [4.78, 5) is 2.55. The third-order valence-corrected chi connectivity index (χ3v) is 9.10. The summed E-state index contributed by atoms with van der Waals surface area (Å²) >= 11 is 0. The molecule has 0 aromatic heterocycles. The van der Waals surface area contributed by atoms with Crippen LogP contribution >= 0.6 is 0 Å². The minimum absolute atomic E-state index is 0.484. The molecule has 1 fully saturated rings. The summed E-state index contributed by atoms with van der Waals surface area (Å²) in [5.41, 5.74) is 9.41. The molecule has 0 amide bonds. The zero-order valence-corrected chi connectivity index (χ0v) is 15.5. The van der Waals surface area contributed by atoms with Crippen LogP contribution in [0.3, 0.4) is 0 Å². The highest BCUT2D eigenvalue weighted by Gasteiger charge is 2.27. The lowest BCUT2D eigenvalue weighted by Crippen LogP contribution is -2.40. The minimum Gasteiger partial charge on any atom is -0.399 e. The van der Waals surface area contributed by atoms with Gasteiger partial charge in [0.1, 0.15) is 0 Å². The van der Waals surface area contributed by atoms with E-state index in [2.05, 4.69) is 61.3 Å². The SMILES string of the molecule is CC[Si](C)(C)c1ccc(N2CCC[C@H]2c2ccc(N)cc2)cc1. The zero-order valence-electron chi connectivity index (χ0n) is 14.5. The molecule has 3 rings (SSSR count). The van der Waals surface area contributed by atoms with Crippen molar-refractivity contribution in [1.29, 1.82) is 0 Å². The fourth-order valence-corrected chi connectivity index (χ4v) is 4.93. The van der Waals surface area contributed by atoms with E-state index in [0.717, 1.165) is 12.2 Å². The number of anilines is 2. The quantitative estimate of drug-likeness (QED) is 0.660. The summed E-state index contributed by atoms with van der Waals surface area (Å²) in [5.74, 6) is 0. The second-order valence-electron chi connectivity index (χ2n) is 7.30. The van der Waals surface area contributed by atoms with Crippen molar-refractivity contribution in [1.82, 2.24) is 0 Å². The molecule has 2 nitrogen and oxygen atoms in total. The maximum Gasteiger partial charge on any atom is 0.0803 e. The predicted octanol–water partition coefficient (Wildman–Crippen LogP) is 4.55. The van der Waals surface area contributed by atoms with E-state index >= 15 is 0 Å². The number of benzene rings is 2. The van der Waals surface area contributed by atoms with Crippen molar-refractivity contribution in [2.45, 2.75) is 44.9 Å². The van der Waals surface area contributed by atoms with Crippen LogP contribution in [0.2, 0.25) is 19.1 Å². The molecule has 0 radical (unpaired) electrons. The summed E-state index contributed by atoms with van der Waals surface area (Å²) < 4.78 is 0. The normalized spacial score (nSPS) is 18.4. The van der Waals surface area contributed by atoms with Crippen LogP contribution in [0.1, 0.15) is 31.4 Å². The van der Waals surface area contributed by atoms with E-state index < -0.39 is 8.07 Å². The van der Waals surface area contributed by atoms with Crippen LogP contribution in [0.4, 0.5) is 11.4 Å². The van der Waals surface area contributed by atoms with Crippen LogP contribution in [-0.2, 0) is 0 Å². The molecular formula is C20H28N2Si. The Balaban J connectivity index is 1.84. The third kappa shape index (κ3) is 3.30. The lowest BCUT2D eigenvalue weighted by Gasteiger charge is -2.28. The molecule has 2 aromatic carbocycles. The fourth-order valence-electron chi connectivity index (χ4n) is 3.45. The Hall–Kier alpha value is -1.74. The van der Waals surface area contributed by atoms with Crippen LogP contribution in [0.15, 0.2) is 48.5 Å². The number of rotatable bonds is 4. The van der Waals surface area contributed by atoms with Gasteiger partial charge in [-0.1, -0.05) is 55.5 Å². The molecule has 1 atom stereocenters. The number of nitrogens with two attached hydrogens (primary N) is 1. The second-order valence-corrected chi connectivity index (χ2v) is 12.4. The van der Waals surface area contributed by atoms with Gasteiger partial charge in [0.05, 0.1) is 14.1 Å². The van der Waals surface area contributed by atoms with E-state index in [1.54, 1.807) is 5.19 Å². The Morgan fingerprint density at radius 2 is 1.70 bits per heavy atom. The van der Waals surface area contributed by atoms with E-state index in [-0.39, 0.29) is 0 Å². The predicted molar refractivity (Wildman–Crippen MR) is 104 cm³/mol. The summed E-state index contributed by atoms with van der Waals surface area (Å²) in [7, 11) is -1.24. The van der Waals surface area contributed by atoms with Crippen LogP contribution in [0.25, 0.3) is 0 Å². The minimum atomic E-state index is -1.24. The molecule has 0 unspecified atom stereocenters. The summed E-state index contributed by atoms with van der Waals surface area (Å²) in [5, 5.41) is 1.56. The van der Waals surface area contributed by atoms with Crippen molar-refractivity contribution in [3.8, 4) is 0 Å². The number of hydrogen-bond donors (Lipinski definition) is 1. The van der Waals surface area contributed by atoms with Gasteiger partial charge in [0.2, 0.25) is 0 Å². The van der Waals surface area contributed by atoms with Gasteiger partial charge >= 0.3 is 0 Å². The first-order valence-electron chi connectivity index (χ1n) is 8.74. The molecule has 1 heterocycles.